The van der Waals surface area contributed by atoms with Gasteiger partial charge in [0.25, 0.3) is 0 Å². The van der Waals surface area contributed by atoms with Crippen LogP contribution in [0, 0.1) is 0 Å². The Morgan fingerprint density at radius 1 is 0.341 bits per heavy atom. The highest BCUT2D eigenvalue weighted by atomic mass is 32.1. The molecule has 5 heteroatoms. The quantitative estimate of drug-likeness (QED) is 0.203. The Labute approximate surface area is 261 Å². The normalized spacial score (nSPS) is 11.6. The average molecular weight is 598 g/mol. The minimum Gasteiger partial charge on any atom is -0.208 e. The van der Waals surface area contributed by atoms with Gasteiger partial charge in [-0.05, 0) is 41.5 Å². The van der Waals surface area contributed by atoms with Gasteiger partial charge >= 0.3 is 0 Å². The van der Waals surface area contributed by atoms with Crippen molar-refractivity contribution in [2.24, 2.45) is 0 Å². The van der Waals surface area contributed by atoms with Crippen LogP contribution in [0.15, 0.2) is 140 Å². The van der Waals surface area contributed by atoms with Crippen molar-refractivity contribution >= 4 is 63.0 Å². The van der Waals surface area contributed by atoms with E-state index < -0.39 is 0 Å². The molecule has 0 aliphatic carbocycles. The second kappa shape index (κ2) is 10.2. The van der Waals surface area contributed by atoms with Gasteiger partial charge in [0.2, 0.25) is 0 Å². The zero-order chi connectivity index (χ0) is 29.0. The smallest absolute Gasteiger partial charge is 0.165 e. The summed E-state index contributed by atoms with van der Waals surface area (Å²) < 4.78 is 4.89. The fraction of sp³-hybridized carbons (Fsp3) is 0. The van der Waals surface area contributed by atoms with E-state index in [1.807, 2.05) is 18.2 Å². The van der Waals surface area contributed by atoms with Crippen LogP contribution in [0.1, 0.15) is 0 Å². The first kappa shape index (κ1) is 25.3. The lowest BCUT2D eigenvalue weighted by atomic mass is 10.0. The first-order valence-corrected chi connectivity index (χ1v) is 16.2. The van der Waals surface area contributed by atoms with Crippen LogP contribution in [-0.4, -0.2) is 15.0 Å². The molecule has 0 bridgehead atoms. The maximum absolute atomic E-state index is 5.20. The molecule has 0 atom stereocenters. The Balaban J connectivity index is 1.28. The van der Waals surface area contributed by atoms with Crippen molar-refractivity contribution in [1.82, 2.24) is 15.0 Å². The SMILES string of the molecule is c1ccc(-c2ccc3sc4c(-c5nc(-c6ccccc6)nc(-c6cccc7c6sc6ccccc67)n5)cccc4c3c2)cc1. The molecule has 9 rings (SSSR count). The Bertz CT molecular complexity index is 2500. The Hall–Kier alpha value is -5.23. The standard InChI is InChI=1S/C39H23N3S2/c1-3-11-24(12-4-1)26-21-22-34-32(23-26)29-17-10-19-31(36(29)44-34)39-41-37(25-13-5-2-6-14-25)40-38(42-39)30-18-9-16-28-27-15-7-8-20-33(27)43-35(28)30/h1-23H. The summed E-state index contributed by atoms with van der Waals surface area (Å²) in [5.41, 5.74) is 5.45. The Kier molecular flexibility index (Phi) is 5.86. The molecule has 0 saturated carbocycles. The van der Waals surface area contributed by atoms with Gasteiger partial charge in [-0.3, -0.25) is 0 Å². The van der Waals surface area contributed by atoms with Gasteiger partial charge in [0, 0.05) is 57.0 Å². The van der Waals surface area contributed by atoms with Crippen molar-refractivity contribution in [2.45, 2.75) is 0 Å². The van der Waals surface area contributed by atoms with Crippen LogP contribution in [-0.2, 0) is 0 Å². The van der Waals surface area contributed by atoms with Crippen LogP contribution in [0.5, 0.6) is 0 Å². The molecule has 0 aliphatic heterocycles. The summed E-state index contributed by atoms with van der Waals surface area (Å²) in [6.45, 7) is 0. The van der Waals surface area contributed by atoms with Gasteiger partial charge in [-0.2, -0.15) is 0 Å². The second-order valence-corrected chi connectivity index (χ2v) is 12.9. The van der Waals surface area contributed by atoms with Crippen LogP contribution >= 0.6 is 22.7 Å². The highest BCUT2D eigenvalue weighted by Crippen LogP contribution is 2.42. The lowest BCUT2D eigenvalue weighted by Gasteiger charge is -2.09. The number of aromatic nitrogens is 3. The lowest BCUT2D eigenvalue weighted by Crippen LogP contribution is -2.00. The van der Waals surface area contributed by atoms with Gasteiger partial charge in [-0.15, -0.1) is 22.7 Å². The number of hydrogen-bond acceptors (Lipinski definition) is 5. The molecule has 3 heterocycles. The van der Waals surface area contributed by atoms with Crippen LogP contribution in [0.25, 0.3) is 85.6 Å². The van der Waals surface area contributed by atoms with E-state index in [4.69, 9.17) is 15.0 Å². The summed E-state index contributed by atoms with van der Waals surface area (Å²) >= 11 is 3.59. The van der Waals surface area contributed by atoms with Gasteiger partial charge in [0.15, 0.2) is 17.5 Å². The monoisotopic (exact) mass is 597 g/mol. The third-order valence-electron chi connectivity index (χ3n) is 8.16. The molecule has 3 nitrogen and oxygen atoms in total. The van der Waals surface area contributed by atoms with E-state index in [1.165, 1.54) is 51.5 Å². The highest BCUT2D eigenvalue weighted by Gasteiger charge is 2.19. The zero-order valence-electron chi connectivity index (χ0n) is 23.4. The first-order valence-electron chi connectivity index (χ1n) is 14.5. The van der Waals surface area contributed by atoms with Crippen molar-refractivity contribution in [1.29, 1.82) is 0 Å². The third kappa shape index (κ3) is 4.13. The number of hydrogen-bond donors (Lipinski definition) is 0. The maximum Gasteiger partial charge on any atom is 0.165 e. The molecule has 0 spiro atoms. The minimum atomic E-state index is 0.674. The molecule has 206 valence electrons. The molecule has 0 aliphatic rings. The van der Waals surface area contributed by atoms with Crippen LogP contribution < -0.4 is 0 Å². The van der Waals surface area contributed by atoms with Crippen molar-refractivity contribution < 1.29 is 0 Å². The molecule has 9 aromatic rings. The van der Waals surface area contributed by atoms with E-state index in [0.29, 0.717) is 17.5 Å². The van der Waals surface area contributed by atoms with Crippen LogP contribution in [0.2, 0.25) is 0 Å². The highest BCUT2D eigenvalue weighted by molar-refractivity contribution is 7.26. The topological polar surface area (TPSA) is 38.7 Å². The number of nitrogens with zero attached hydrogens (tertiary/aromatic N) is 3. The first-order chi connectivity index (χ1) is 21.8. The number of rotatable bonds is 4. The molecule has 0 amide bonds. The number of fused-ring (bicyclic) bond motifs is 6. The van der Waals surface area contributed by atoms with Crippen molar-refractivity contribution in [3.05, 3.63) is 140 Å². The maximum atomic E-state index is 5.20. The zero-order valence-corrected chi connectivity index (χ0v) is 25.1. The molecule has 44 heavy (non-hydrogen) atoms. The van der Waals surface area contributed by atoms with E-state index in [1.54, 1.807) is 22.7 Å². The molecule has 0 fully saturated rings. The average Bonchev–Trinajstić information content (AvgIpc) is 3.67. The van der Waals surface area contributed by atoms with E-state index in [2.05, 4.69) is 121 Å². The Morgan fingerprint density at radius 3 is 1.55 bits per heavy atom. The summed E-state index contributed by atoms with van der Waals surface area (Å²) in [5.74, 6) is 2.05. The second-order valence-electron chi connectivity index (χ2n) is 10.8. The molecule has 3 aromatic heterocycles. The number of thiophene rings is 2. The molecule has 0 saturated heterocycles. The van der Waals surface area contributed by atoms with E-state index >= 15 is 0 Å². The van der Waals surface area contributed by atoms with Gasteiger partial charge in [-0.25, -0.2) is 15.0 Å². The summed E-state index contributed by atoms with van der Waals surface area (Å²) in [6.07, 6.45) is 0. The van der Waals surface area contributed by atoms with Crippen molar-refractivity contribution in [3.8, 4) is 45.3 Å². The van der Waals surface area contributed by atoms with E-state index in [9.17, 15) is 0 Å². The number of benzene rings is 6. The summed E-state index contributed by atoms with van der Waals surface area (Å²) in [5, 5.41) is 4.96. The summed E-state index contributed by atoms with van der Waals surface area (Å²) in [4.78, 5) is 15.4. The van der Waals surface area contributed by atoms with Crippen molar-refractivity contribution in [2.75, 3.05) is 0 Å². The third-order valence-corrected chi connectivity index (χ3v) is 10.6. The molecule has 0 unspecified atom stereocenters. The van der Waals surface area contributed by atoms with Gasteiger partial charge in [0.1, 0.15) is 0 Å². The lowest BCUT2D eigenvalue weighted by molar-refractivity contribution is 1.08. The Morgan fingerprint density at radius 2 is 0.864 bits per heavy atom. The summed E-state index contributed by atoms with van der Waals surface area (Å²) in [6, 6.07) is 49.0. The predicted molar refractivity (Wildman–Crippen MR) is 187 cm³/mol. The molecule has 6 aromatic carbocycles. The molecule has 0 N–H and O–H groups in total. The summed E-state index contributed by atoms with van der Waals surface area (Å²) in [7, 11) is 0. The van der Waals surface area contributed by atoms with E-state index in [-0.39, 0.29) is 0 Å². The minimum absolute atomic E-state index is 0.674. The molecular weight excluding hydrogens is 575 g/mol. The molecular formula is C39H23N3S2. The van der Waals surface area contributed by atoms with Gasteiger partial charge < -0.3 is 0 Å². The van der Waals surface area contributed by atoms with Crippen molar-refractivity contribution in [3.63, 3.8) is 0 Å². The van der Waals surface area contributed by atoms with E-state index in [0.717, 1.165) is 16.7 Å². The van der Waals surface area contributed by atoms with Gasteiger partial charge in [-0.1, -0.05) is 109 Å². The predicted octanol–water partition coefficient (Wildman–Crippen LogP) is 11.3. The fourth-order valence-corrected chi connectivity index (χ4v) is 8.44. The van der Waals surface area contributed by atoms with Crippen LogP contribution in [0.3, 0.4) is 0 Å². The molecule has 0 radical (unpaired) electrons. The van der Waals surface area contributed by atoms with Gasteiger partial charge in [0.05, 0.1) is 0 Å². The largest absolute Gasteiger partial charge is 0.208 e. The fourth-order valence-electron chi connectivity index (χ4n) is 6.04. The van der Waals surface area contributed by atoms with Crippen LogP contribution in [0.4, 0.5) is 0 Å².